The van der Waals surface area contributed by atoms with Gasteiger partial charge in [-0.05, 0) is 67.9 Å². The van der Waals surface area contributed by atoms with Gasteiger partial charge in [0.25, 0.3) is 0 Å². The van der Waals surface area contributed by atoms with Gasteiger partial charge in [-0.3, -0.25) is 4.99 Å². The van der Waals surface area contributed by atoms with E-state index in [1.54, 1.807) is 0 Å². The summed E-state index contributed by atoms with van der Waals surface area (Å²) in [5.74, 6) is 0.681. The lowest BCUT2D eigenvalue weighted by Crippen LogP contribution is -2.23. The second-order valence-corrected chi connectivity index (χ2v) is 13.2. The molecule has 0 N–H and O–H groups in total. The zero-order valence-corrected chi connectivity index (χ0v) is 27.1. The Hall–Kier alpha value is -5.73. The van der Waals surface area contributed by atoms with Crippen molar-refractivity contribution in [2.24, 2.45) is 16.8 Å². The van der Waals surface area contributed by atoms with Gasteiger partial charge in [-0.15, -0.1) is 0 Å². The molecule has 1 aromatic heterocycles. The molecule has 0 saturated heterocycles. The van der Waals surface area contributed by atoms with E-state index < -0.39 is 0 Å². The van der Waals surface area contributed by atoms with Crippen LogP contribution >= 0.6 is 0 Å². The summed E-state index contributed by atoms with van der Waals surface area (Å²) in [6.45, 7) is 4.71. The number of rotatable bonds is 4. The third-order valence-corrected chi connectivity index (χ3v) is 10.4. The predicted octanol–water partition coefficient (Wildman–Crippen LogP) is 12.5. The molecule has 0 saturated carbocycles. The summed E-state index contributed by atoms with van der Waals surface area (Å²) >= 11 is 0. The van der Waals surface area contributed by atoms with Gasteiger partial charge >= 0.3 is 0 Å². The van der Waals surface area contributed by atoms with Crippen molar-refractivity contribution in [1.29, 1.82) is 0 Å². The van der Waals surface area contributed by atoms with Crippen molar-refractivity contribution in [3.63, 3.8) is 0 Å². The molecule has 2 heterocycles. The summed E-state index contributed by atoms with van der Waals surface area (Å²) in [6.07, 6.45) is 2.40. The molecule has 0 fully saturated rings. The first kappa shape index (κ1) is 28.5. The number of furan rings is 1. The van der Waals surface area contributed by atoms with Crippen molar-refractivity contribution >= 4 is 54.9 Å². The van der Waals surface area contributed by atoms with E-state index in [1.165, 1.54) is 32.7 Å². The molecule has 7 aromatic carbocycles. The van der Waals surface area contributed by atoms with Gasteiger partial charge in [0.15, 0.2) is 0 Å². The highest BCUT2D eigenvalue weighted by Gasteiger charge is 2.31. The SMILES string of the molecule is CC1C(c2ccccc2)=NC(c2ccc(-c3ccccc3)c3c2oc2cc4ccccc4cc23)=CC(c2ccc3ccccc3c2)C1C. The van der Waals surface area contributed by atoms with Crippen molar-refractivity contribution in [1.82, 2.24) is 0 Å². The maximum atomic E-state index is 6.93. The minimum absolute atomic E-state index is 0.153. The highest BCUT2D eigenvalue weighted by molar-refractivity contribution is 6.18. The second kappa shape index (κ2) is 11.5. The first-order chi connectivity index (χ1) is 23.6. The fourth-order valence-electron chi connectivity index (χ4n) is 7.68. The van der Waals surface area contributed by atoms with Crippen LogP contribution in [0.3, 0.4) is 0 Å². The van der Waals surface area contributed by atoms with Gasteiger partial charge in [0.1, 0.15) is 11.2 Å². The van der Waals surface area contributed by atoms with Gasteiger partial charge in [0.2, 0.25) is 0 Å². The minimum Gasteiger partial charge on any atom is -0.455 e. The molecular weight excluding hydrogens is 583 g/mol. The van der Waals surface area contributed by atoms with Crippen molar-refractivity contribution in [3.05, 3.63) is 174 Å². The Balaban J connectivity index is 1.33. The third-order valence-electron chi connectivity index (χ3n) is 10.4. The first-order valence-electron chi connectivity index (χ1n) is 16.9. The van der Waals surface area contributed by atoms with Gasteiger partial charge in [-0.25, -0.2) is 0 Å². The molecule has 3 atom stereocenters. The molecule has 48 heavy (non-hydrogen) atoms. The number of hydrogen-bond acceptors (Lipinski definition) is 2. The van der Waals surface area contributed by atoms with Crippen LogP contribution in [-0.4, -0.2) is 5.71 Å². The fraction of sp³-hybridized carbons (Fsp3) is 0.109. The van der Waals surface area contributed by atoms with Gasteiger partial charge in [-0.1, -0.05) is 153 Å². The Morgan fingerprint density at radius 2 is 1.15 bits per heavy atom. The Bertz CT molecular complexity index is 2540. The largest absolute Gasteiger partial charge is 0.455 e. The van der Waals surface area contributed by atoms with Crippen molar-refractivity contribution in [2.45, 2.75) is 19.8 Å². The van der Waals surface area contributed by atoms with E-state index in [9.17, 15) is 0 Å². The highest BCUT2D eigenvalue weighted by atomic mass is 16.3. The summed E-state index contributed by atoms with van der Waals surface area (Å²) < 4.78 is 6.93. The molecule has 0 radical (unpaired) electrons. The topological polar surface area (TPSA) is 25.5 Å². The van der Waals surface area contributed by atoms with Crippen LogP contribution in [-0.2, 0) is 0 Å². The number of hydrogen-bond donors (Lipinski definition) is 0. The fourth-order valence-corrected chi connectivity index (χ4v) is 7.68. The normalized spacial score (nSPS) is 18.2. The molecule has 1 aliphatic rings. The molecule has 2 nitrogen and oxygen atoms in total. The monoisotopic (exact) mass is 617 g/mol. The van der Waals surface area contributed by atoms with E-state index in [0.717, 1.165) is 50.0 Å². The quantitative estimate of drug-likeness (QED) is 0.193. The van der Waals surface area contributed by atoms with Crippen LogP contribution in [0, 0.1) is 11.8 Å². The van der Waals surface area contributed by atoms with E-state index in [0.29, 0.717) is 5.92 Å². The van der Waals surface area contributed by atoms with Crippen LogP contribution < -0.4 is 0 Å². The lowest BCUT2D eigenvalue weighted by molar-refractivity contribution is 0.444. The Morgan fingerprint density at radius 1 is 0.542 bits per heavy atom. The Morgan fingerprint density at radius 3 is 1.88 bits per heavy atom. The smallest absolute Gasteiger partial charge is 0.145 e. The molecule has 0 spiro atoms. The van der Waals surface area contributed by atoms with Gasteiger partial charge in [-0.2, -0.15) is 0 Å². The van der Waals surface area contributed by atoms with Gasteiger partial charge in [0, 0.05) is 28.2 Å². The van der Waals surface area contributed by atoms with E-state index in [4.69, 9.17) is 9.41 Å². The molecule has 2 heteroatoms. The molecule has 0 bridgehead atoms. The summed E-state index contributed by atoms with van der Waals surface area (Å²) in [5, 5.41) is 7.15. The van der Waals surface area contributed by atoms with Gasteiger partial charge < -0.3 is 4.42 Å². The molecule has 9 rings (SSSR count). The van der Waals surface area contributed by atoms with Crippen LogP contribution in [0.4, 0.5) is 0 Å². The van der Waals surface area contributed by atoms with E-state index in [1.807, 2.05) is 0 Å². The maximum Gasteiger partial charge on any atom is 0.145 e. The molecule has 3 unspecified atom stereocenters. The van der Waals surface area contributed by atoms with Gasteiger partial charge in [0.05, 0.1) is 11.4 Å². The molecule has 0 aliphatic carbocycles. The standard InChI is InChI=1S/C46H35NO/c1-29-30(2)45(33-16-7-4-8-17-33)47-42(28-40(29)37-22-21-31-13-9-10-18-34(31)25-37)39-24-23-38(32-14-5-3-6-15-32)44-41-26-35-19-11-12-20-36(35)27-43(41)48-46(39)44/h3-30,40H,1-2H3. The summed E-state index contributed by atoms with van der Waals surface area (Å²) in [6, 6.07) is 54.4. The zero-order chi connectivity index (χ0) is 32.2. The molecule has 230 valence electrons. The van der Waals surface area contributed by atoms with Crippen molar-refractivity contribution in [3.8, 4) is 11.1 Å². The average molecular weight is 618 g/mol. The number of fused-ring (bicyclic) bond motifs is 5. The zero-order valence-electron chi connectivity index (χ0n) is 27.1. The highest BCUT2D eigenvalue weighted by Crippen LogP contribution is 2.45. The van der Waals surface area contributed by atoms with Crippen LogP contribution in [0.25, 0.3) is 60.3 Å². The van der Waals surface area contributed by atoms with Crippen LogP contribution in [0.15, 0.2) is 167 Å². The maximum absolute atomic E-state index is 6.93. The lowest BCUT2D eigenvalue weighted by atomic mass is 9.76. The van der Waals surface area contributed by atoms with Crippen molar-refractivity contribution in [2.75, 3.05) is 0 Å². The van der Waals surface area contributed by atoms with E-state index >= 15 is 0 Å². The molecular formula is C46H35NO. The molecule has 8 aromatic rings. The predicted molar refractivity (Wildman–Crippen MR) is 203 cm³/mol. The molecule has 0 amide bonds. The summed E-state index contributed by atoms with van der Waals surface area (Å²) in [7, 11) is 0. The number of allylic oxidation sites excluding steroid dienone is 1. The summed E-state index contributed by atoms with van der Waals surface area (Å²) in [4.78, 5) is 5.58. The van der Waals surface area contributed by atoms with E-state index in [-0.39, 0.29) is 11.8 Å². The Labute approximate surface area is 280 Å². The Kier molecular flexibility index (Phi) is 6.83. The average Bonchev–Trinajstić information content (AvgIpc) is 3.46. The summed E-state index contributed by atoms with van der Waals surface area (Å²) in [5.41, 5.74) is 9.66. The van der Waals surface area contributed by atoms with Crippen LogP contribution in [0.2, 0.25) is 0 Å². The van der Waals surface area contributed by atoms with Crippen LogP contribution in [0.1, 0.15) is 36.5 Å². The van der Waals surface area contributed by atoms with E-state index in [2.05, 4.69) is 172 Å². The lowest BCUT2D eigenvalue weighted by Gasteiger charge is -2.27. The molecule has 1 aliphatic heterocycles. The minimum atomic E-state index is 0.153. The number of nitrogens with zero attached hydrogens (tertiary/aromatic N) is 1. The first-order valence-corrected chi connectivity index (χ1v) is 16.9. The van der Waals surface area contributed by atoms with Crippen LogP contribution in [0.5, 0.6) is 0 Å². The number of benzene rings is 7. The second-order valence-electron chi connectivity index (χ2n) is 13.2. The third kappa shape index (κ3) is 4.76. The number of aliphatic imine (C=N–C) groups is 1. The van der Waals surface area contributed by atoms with Crippen molar-refractivity contribution < 1.29 is 4.42 Å².